The first-order valence-corrected chi connectivity index (χ1v) is 9.84. The van der Waals surface area contributed by atoms with Gasteiger partial charge in [0.05, 0.1) is 31.0 Å². The van der Waals surface area contributed by atoms with Crippen molar-refractivity contribution in [2.75, 3.05) is 32.8 Å². The number of ether oxygens (including phenoxy) is 1. The van der Waals surface area contributed by atoms with Gasteiger partial charge in [0.1, 0.15) is 0 Å². The lowest BCUT2D eigenvalue weighted by atomic mass is 9.87. The molecule has 3 fully saturated rings. The molecular formula is C18H29N7O2. The molecule has 3 aliphatic rings. The Hall–Kier alpha value is -1.78. The highest BCUT2D eigenvalue weighted by Crippen LogP contribution is 2.21. The van der Waals surface area contributed by atoms with Gasteiger partial charge in [0, 0.05) is 37.9 Å². The van der Waals surface area contributed by atoms with Gasteiger partial charge in [-0.05, 0) is 31.4 Å². The molecule has 9 nitrogen and oxygen atoms in total. The molecule has 2 aliphatic heterocycles. The van der Waals surface area contributed by atoms with Crippen molar-refractivity contribution < 1.29 is 9.53 Å². The second kappa shape index (κ2) is 8.94. The average Bonchev–Trinajstić information content (AvgIpc) is 3.20. The summed E-state index contributed by atoms with van der Waals surface area (Å²) in [6.07, 6.45) is 5.00. The van der Waals surface area contributed by atoms with Crippen LogP contribution in [-0.2, 0) is 4.74 Å². The summed E-state index contributed by atoms with van der Waals surface area (Å²) in [5, 5.41) is 6.21. The number of rotatable bonds is 5. The Labute approximate surface area is 159 Å². The van der Waals surface area contributed by atoms with Gasteiger partial charge < -0.3 is 15.4 Å². The van der Waals surface area contributed by atoms with Gasteiger partial charge in [-0.1, -0.05) is 6.07 Å². The van der Waals surface area contributed by atoms with E-state index in [0.717, 1.165) is 38.0 Å². The summed E-state index contributed by atoms with van der Waals surface area (Å²) >= 11 is 0. The lowest BCUT2D eigenvalue weighted by Crippen LogP contribution is -2.57. The minimum atomic E-state index is -0.122. The Morgan fingerprint density at radius 1 is 1.30 bits per heavy atom. The summed E-state index contributed by atoms with van der Waals surface area (Å²) in [7, 11) is 0. The fraction of sp³-hybridized carbons (Fsp3) is 0.667. The lowest BCUT2D eigenvalue weighted by molar-refractivity contribution is 0.0158. The molecule has 0 aromatic carbocycles. The number of amides is 2. The first kappa shape index (κ1) is 18.6. The van der Waals surface area contributed by atoms with Crippen LogP contribution in [0.1, 0.15) is 31.0 Å². The number of morpholine rings is 1. The van der Waals surface area contributed by atoms with Gasteiger partial charge in [0.15, 0.2) is 0 Å². The fourth-order valence-corrected chi connectivity index (χ4v) is 4.23. The van der Waals surface area contributed by atoms with Gasteiger partial charge in [-0.25, -0.2) is 15.6 Å². The predicted octanol–water partition coefficient (Wildman–Crippen LogP) is -0.344. The van der Waals surface area contributed by atoms with Crippen LogP contribution in [0, 0.1) is 0 Å². The predicted molar refractivity (Wildman–Crippen MR) is 101 cm³/mol. The van der Waals surface area contributed by atoms with E-state index in [1.165, 1.54) is 0 Å². The Morgan fingerprint density at radius 2 is 2.19 bits per heavy atom. The van der Waals surface area contributed by atoms with Crippen molar-refractivity contribution in [3.8, 4) is 0 Å². The molecule has 1 saturated carbocycles. The summed E-state index contributed by atoms with van der Waals surface area (Å²) in [5.41, 5.74) is 10.4. The molecule has 9 heteroatoms. The molecule has 148 valence electrons. The van der Waals surface area contributed by atoms with Crippen molar-refractivity contribution >= 4 is 6.03 Å². The van der Waals surface area contributed by atoms with E-state index in [9.17, 15) is 4.79 Å². The summed E-state index contributed by atoms with van der Waals surface area (Å²) in [4.78, 5) is 19.4. The van der Waals surface area contributed by atoms with Gasteiger partial charge in [0.25, 0.3) is 0 Å². The highest BCUT2D eigenvalue weighted by atomic mass is 16.5. The molecule has 3 heterocycles. The number of hydrogen-bond acceptors (Lipinski definition) is 7. The Balaban J connectivity index is 1.34. The van der Waals surface area contributed by atoms with Crippen LogP contribution in [0.2, 0.25) is 0 Å². The van der Waals surface area contributed by atoms with Gasteiger partial charge in [-0.3, -0.25) is 9.88 Å². The second-order valence-electron chi connectivity index (χ2n) is 7.36. The van der Waals surface area contributed by atoms with Crippen LogP contribution in [-0.4, -0.2) is 66.9 Å². The average molecular weight is 375 g/mol. The number of urea groups is 1. The van der Waals surface area contributed by atoms with Crippen molar-refractivity contribution in [1.29, 1.82) is 0 Å². The molecule has 0 radical (unpaired) electrons. The van der Waals surface area contributed by atoms with Crippen LogP contribution >= 0.6 is 0 Å². The zero-order valence-corrected chi connectivity index (χ0v) is 15.5. The molecule has 4 unspecified atom stereocenters. The van der Waals surface area contributed by atoms with E-state index >= 15 is 0 Å². The molecule has 5 N–H and O–H groups in total. The largest absolute Gasteiger partial charge is 0.379 e. The number of carbonyl (C=O) groups excluding carboxylic acids is 1. The number of hydrazine groups is 2. The van der Waals surface area contributed by atoms with Crippen LogP contribution in [0.3, 0.4) is 0 Å². The first-order valence-electron chi connectivity index (χ1n) is 9.84. The molecular weight excluding hydrogens is 346 g/mol. The molecule has 27 heavy (non-hydrogen) atoms. The van der Waals surface area contributed by atoms with E-state index < -0.39 is 0 Å². The van der Waals surface area contributed by atoms with Crippen LogP contribution in [0.15, 0.2) is 24.4 Å². The van der Waals surface area contributed by atoms with E-state index in [1.54, 1.807) is 6.20 Å². The van der Waals surface area contributed by atoms with Crippen LogP contribution in [0.4, 0.5) is 4.79 Å². The third-order valence-electron chi connectivity index (χ3n) is 5.68. The molecule has 2 saturated heterocycles. The number of nitrogens with zero attached hydrogens (tertiary/aromatic N) is 2. The normalized spacial score (nSPS) is 29.7. The second-order valence-corrected chi connectivity index (χ2v) is 7.36. The summed E-state index contributed by atoms with van der Waals surface area (Å²) in [5.74, 6) is 0. The Morgan fingerprint density at radius 3 is 3.00 bits per heavy atom. The van der Waals surface area contributed by atoms with Crippen molar-refractivity contribution in [3.63, 3.8) is 0 Å². The molecule has 1 aromatic heterocycles. The van der Waals surface area contributed by atoms with E-state index in [4.69, 9.17) is 4.74 Å². The van der Waals surface area contributed by atoms with Crippen LogP contribution in [0.25, 0.3) is 0 Å². The van der Waals surface area contributed by atoms with Crippen molar-refractivity contribution in [3.05, 3.63) is 30.1 Å². The van der Waals surface area contributed by atoms with Gasteiger partial charge in [-0.2, -0.15) is 5.53 Å². The first-order chi connectivity index (χ1) is 13.3. The molecule has 1 aromatic rings. The van der Waals surface area contributed by atoms with E-state index in [1.807, 2.05) is 18.2 Å². The number of hydrogen-bond donors (Lipinski definition) is 5. The Bertz CT molecular complexity index is 611. The maximum Gasteiger partial charge on any atom is 0.315 e. The monoisotopic (exact) mass is 375 g/mol. The minimum absolute atomic E-state index is 0.0490. The van der Waals surface area contributed by atoms with Crippen molar-refractivity contribution in [2.45, 2.75) is 43.4 Å². The molecule has 2 amide bonds. The number of pyridine rings is 1. The molecule has 4 rings (SSSR count). The molecule has 0 bridgehead atoms. The van der Waals surface area contributed by atoms with Gasteiger partial charge in [-0.15, -0.1) is 0 Å². The van der Waals surface area contributed by atoms with Gasteiger partial charge >= 0.3 is 6.03 Å². The highest BCUT2D eigenvalue weighted by Gasteiger charge is 2.37. The summed E-state index contributed by atoms with van der Waals surface area (Å²) in [6.45, 7) is 3.64. The van der Waals surface area contributed by atoms with E-state index in [-0.39, 0.29) is 24.2 Å². The van der Waals surface area contributed by atoms with Gasteiger partial charge in [0.2, 0.25) is 0 Å². The number of nitrogens with one attached hydrogen (secondary N) is 5. The van der Waals surface area contributed by atoms with Crippen molar-refractivity contribution in [1.82, 2.24) is 36.9 Å². The zero-order valence-electron chi connectivity index (χ0n) is 15.5. The van der Waals surface area contributed by atoms with E-state index in [2.05, 4.69) is 36.9 Å². The fourth-order valence-electron chi connectivity index (χ4n) is 4.23. The molecule has 0 spiro atoms. The maximum absolute atomic E-state index is 12.6. The van der Waals surface area contributed by atoms with Crippen LogP contribution < -0.4 is 27.0 Å². The number of aromatic nitrogens is 1. The number of fused-ring (bicyclic) bond motifs is 1. The maximum atomic E-state index is 12.6. The summed E-state index contributed by atoms with van der Waals surface area (Å²) in [6, 6.07) is 6.54. The third-order valence-corrected chi connectivity index (χ3v) is 5.68. The standard InChI is InChI=1S/C18H29N7O2/c26-18(21-14-5-3-6-15-17(14)23-24-22-15)20-12-16(13-4-1-2-7-19-13)25-8-10-27-11-9-25/h1-2,4,7,14-17,22-24H,3,5-6,8-12H2,(H2,20,21,26). The van der Waals surface area contributed by atoms with Crippen LogP contribution in [0.5, 0.6) is 0 Å². The number of carbonyl (C=O) groups is 1. The SMILES string of the molecule is O=C(NCC(c1ccccn1)N1CCOCC1)NC1CCCC2NNNC21. The van der Waals surface area contributed by atoms with E-state index in [0.29, 0.717) is 25.8 Å². The highest BCUT2D eigenvalue weighted by molar-refractivity contribution is 5.74. The topological polar surface area (TPSA) is 103 Å². The molecule has 4 atom stereocenters. The smallest absolute Gasteiger partial charge is 0.315 e. The lowest BCUT2D eigenvalue weighted by Gasteiger charge is -2.35. The quantitative estimate of drug-likeness (QED) is 0.480. The third kappa shape index (κ3) is 4.56. The minimum Gasteiger partial charge on any atom is -0.379 e. The summed E-state index contributed by atoms with van der Waals surface area (Å²) < 4.78 is 5.47. The van der Waals surface area contributed by atoms with Crippen molar-refractivity contribution in [2.24, 2.45) is 0 Å². The zero-order chi connectivity index (χ0) is 18.5. The Kier molecular flexibility index (Phi) is 6.15. The molecule has 1 aliphatic carbocycles.